The zero-order chi connectivity index (χ0) is 20.1. The van der Waals surface area contributed by atoms with E-state index in [-0.39, 0.29) is 30.3 Å². The molecule has 0 bridgehead atoms. The average Bonchev–Trinajstić information content (AvgIpc) is 2.68. The van der Waals surface area contributed by atoms with Crippen molar-refractivity contribution >= 4 is 23.4 Å². The van der Waals surface area contributed by atoms with Crippen molar-refractivity contribution in [2.24, 2.45) is 0 Å². The van der Waals surface area contributed by atoms with E-state index in [1.165, 1.54) is 12.1 Å². The number of nitrogens with zero attached hydrogens (tertiary/aromatic N) is 1. The second-order valence-corrected chi connectivity index (χ2v) is 7.21. The van der Waals surface area contributed by atoms with Crippen LogP contribution in [0.1, 0.15) is 35.7 Å². The van der Waals surface area contributed by atoms with Crippen LogP contribution in [0.2, 0.25) is 5.02 Å². The molecule has 2 amide bonds. The van der Waals surface area contributed by atoms with Gasteiger partial charge in [0.15, 0.2) is 0 Å². The highest BCUT2D eigenvalue weighted by molar-refractivity contribution is 6.31. The number of hydrogen-bond donors (Lipinski definition) is 1. The quantitative estimate of drug-likeness (QED) is 0.824. The van der Waals surface area contributed by atoms with Gasteiger partial charge in [0.2, 0.25) is 5.91 Å². The van der Waals surface area contributed by atoms with Gasteiger partial charge in [0.05, 0.1) is 5.56 Å². The van der Waals surface area contributed by atoms with Crippen LogP contribution in [0.3, 0.4) is 0 Å². The Hall–Kier alpha value is -2.60. The largest absolute Gasteiger partial charge is 0.489 e. The summed E-state index contributed by atoms with van der Waals surface area (Å²) >= 11 is 6.07. The summed E-state index contributed by atoms with van der Waals surface area (Å²) in [7, 11) is 0. The van der Waals surface area contributed by atoms with E-state index in [1.807, 2.05) is 0 Å². The second-order valence-electron chi connectivity index (χ2n) is 6.78. The van der Waals surface area contributed by atoms with Crippen LogP contribution in [0, 0.1) is 5.82 Å². The van der Waals surface area contributed by atoms with E-state index >= 15 is 0 Å². The normalized spacial score (nSPS) is 14.6. The predicted molar refractivity (Wildman–Crippen MR) is 105 cm³/mol. The Kier molecular flexibility index (Phi) is 6.52. The smallest absolute Gasteiger partial charge is 0.255 e. The van der Waals surface area contributed by atoms with Gasteiger partial charge in [-0.1, -0.05) is 23.7 Å². The summed E-state index contributed by atoms with van der Waals surface area (Å²) in [5.41, 5.74) is 0.993. The van der Waals surface area contributed by atoms with E-state index in [4.69, 9.17) is 16.3 Å². The topological polar surface area (TPSA) is 58.6 Å². The first-order chi connectivity index (χ1) is 13.4. The number of ether oxygens (including phenoxy) is 1. The zero-order valence-electron chi connectivity index (χ0n) is 15.6. The molecule has 1 aliphatic rings. The van der Waals surface area contributed by atoms with Crippen molar-refractivity contribution in [3.63, 3.8) is 0 Å². The number of carbonyl (C=O) groups is 2. The van der Waals surface area contributed by atoms with Crippen molar-refractivity contribution < 1.29 is 18.7 Å². The third kappa shape index (κ3) is 5.23. The molecular formula is C21H22ClFN2O3. The van der Waals surface area contributed by atoms with Crippen molar-refractivity contribution in [2.45, 2.75) is 32.4 Å². The van der Waals surface area contributed by atoms with E-state index in [9.17, 15) is 14.0 Å². The summed E-state index contributed by atoms with van der Waals surface area (Å²) in [6, 6.07) is 11.0. The van der Waals surface area contributed by atoms with E-state index < -0.39 is 0 Å². The van der Waals surface area contributed by atoms with Gasteiger partial charge in [-0.25, -0.2) is 4.39 Å². The van der Waals surface area contributed by atoms with Gasteiger partial charge in [-0.2, -0.15) is 0 Å². The third-order valence-corrected chi connectivity index (χ3v) is 4.94. The van der Waals surface area contributed by atoms with Gasteiger partial charge in [-0.3, -0.25) is 9.59 Å². The Morgan fingerprint density at radius 3 is 2.64 bits per heavy atom. The fraction of sp³-hybridized carbons (Fsp3) is 0.333. The summed E-state index contributed by atoms with van der Waals surface area (Å²) in [6.07, 6.45) is 1.32. The lowest BCUT2D eigenvalue weighted by Gasteiger charge is -2.31. The Bertz CT molecular complexity index is 866. The molecule has 148 valence electrons. The maximum Gasteiger partial charge on any atom is 0.255 e. The fourth-order valence-corrected chi connectivity index (χ4v) is 3.35. The molecule has 1 fully saturated rings. The highest BCUT2D eigenvalue weighted by atomic mass is 35.5. The lowest BCUT2D eigenvalue weighted by atomic mass is 10.1. The number of piperidine rings is 1. The van der Waals surface area contributed by atoms with Crippen molar-refractivity contribution in [2.75, 3.05) is 13.1 Å². The molecule has 0 atom stereocenters. The first kappa shape index (κ1) is 20.1. The summed E-state index contributed by atoms with van der Waals surface area (Å²) in [6.45, 7) is 3.02. The lowest BCUT2D eigenvalue weighted by molar-refractivity contribution is -0.130. The lowest BCUT2D eigenvalue weighted by Crippen LogP contribution is -2.40. The van der Waals surface area contributed by atoms with Gasteiger partial charge >= 0.3 is 0 Å². The number of halogens is 2. The minimum absolute atomic E-state index is 0.0577. The van der Waals surface area contributed by atoms with Crippen molar-refractivity contribution in [1.82, 2.24) is 10.2 Å². The highest BCUT2D eigenvalue weighted by Gasteiger charge is 2.23. The van der Waals surface area contributed by atoms with Crippen molar-refractivity contribution in [3.8, 4) is 5.75 Å². The summed E-state index contributed by atoms with van der Waals surface area (Å²) in [5.74, 6) is -0.192. The van der Waals surface area contributed by atoms with Crippen LogP contribution in [0.4, 0.5) is 4.39 Å². The number of benzene rings is 2. The molecule has 0 unspecified atom stereocenters. The zero-order valence-corrected chi connectivity index (χ0v) is 16.3. The molecule has 1 aliphatic heterocycles. The van der Waals surface area contributed by atoms with Gasteiger partial charge in [-0.15, -0.1) is 0 Å². The van der Waals surface area contributed by atoms with E-state index in [1.54, 1.807) is 42.2 Å². The summed E-state index contributed by atoms with van der Waals surface area (Å²) in [5, 5.41) is 3.20. The van der Waals surface area contributed by atoms with Gasteiger partial charge in [0, 0.05) is 44.4 Å². The Balaban J connectivity index is 1.66. The number of nitrogens with one attached hydrogen (secondary N) is 1. The van der Waals surface area contributed by atoms with Crippen LogP contribution in [-0.2, 0) is 11.3 Å². The SMILES string of the molecule is CC(=O)N1CCC(Oc2ccc(Cl)cc2C(=O)NCc2cccc(F)c2)CC1. The Labute approximate surface area is 168 Å². The molecule has 28 heavy (non-hydrogen) atoms. The first-order valence-corrected chi connectivity index (χ1v) is 9.54. The van der Waals surface area contributed by atoms with Crippen LogP contribution in [0.5, 0.6) is 5.75 Å². The molecule has 3 rings (SSSR count). The highest BCUT2D eigenvalue weighted by Crippen LogP contribution is 2.26. The third-order valence-electron chi connectivity index (χ3n) is 4.71. The molecule has 0 aromatic heterocycles. The molecule has 1 heterocycles. The summed E-state index contributed by atoms with van der Waals surface area (Å²) in [4.78, 5) is 25.9. The van der Waals surface area contributed by atoms with Crippen LogP contribution in [0.15, 0.2) is 42.5 Å². The van der Waals surface area contributed by atoms with Crippen molar-refractivity contribution in [3.05, 3.63) is 64.4 Å². The monoisotopic (exact) mass is 404 g/mol. The van der Waals surface area contributed by atoms with Gasteiger partial charge in [0.25, 0.3) is 5.91 Å². The van der Waals surface area contributed by atoms with Crippen LogP contribution < -0.4 is 10.1 Å². The molecule has 0 radical (unpaired) electrons. The maximum absolute atomic E-state index is 13.3. The van der Waals surface area contributed by atoms with E-state index in [0.717, 1.165) is 0 Å². The standard InChI is InChI=1S/C21H22ClFN2O3/c1-14(26)25-9-7-18(8-10-25)28-20-6-5-16(22)12-19(20)21(27)24-13-15-3-2-4-17(23)11-15/h2-6,11-12,18H,7-10,13H2,1H3,(H,24,27). The van der Waals surface area contributed by atoms with Gasteiger partial charge in [-0.05, 0) is 35.9 Å². The minimum atomic E-state index is -0.351. The predicted octanol–water partition coefficient (Wildman–Crippen LogP) is 3.80. The molecule has 0 spiro atoms. The molecule has 0 aliphatic carbocycles. The maximum atomic E-state index is 13.3. The molecule has 2 aromatic carbocycles. The molecule has 1 N–H and O–H groups in total. The Morgan fingerprint density at radius 2 is 1.96 bits per heavy atom. The molecule has 0 saturated carbocycles. The molecular weight excluding hydrogens is 383 g/mol. The molecule has 7 heteroatoms. The minimum Gasteiger partial charge on any atom is -0.489 e. The second kappa shape index (κ2) is 9.06. The number of carbonyl (C=O) groups excluding carboxylic acids is 2. The molecule has 5 nitrogen and oxygen atoms in total. The first-order valence-electron chi connectivity index (χ1n) is 9.17. The van der Waals surface area contributed by atoms with Gasteiger partial charge in [0.1, 0.15) is 17.7 Å². The van der Waals surface area contributed by atoms with Gasteiger partial charge < -0.3 is 15.0 Å². The number of amides is 2. The number of hydrogen-bond acceptors (Lipinski definition) is 3. The Morgan fingerprint density at radius 1 is 1.21 bits per heavy atom. The number of rotatable bonds is 5. The van der Waals surface area contributed by atoms with E-state index in [2.05, 4.69) is 5.32 Å². The number of likely N-dealkylation sites (tertiary alicyclic amines) is 1. The summed E-state index contributed by atoms with van der Waals surface area (Å²) < 4.78 is 19.3. The van der Waals surface area contributed by atoms with E-state index in [0.29, 0.717) is 47.8 Å². The van der Waals surface area contributed by atoms with Crippen molar-refractivity contribution in [1.29, 1.82) is 0 Å². The van der Waals surface area contributed by atoms with Crippen LogP contribution in [-0.4, -0.2) is 35.9 Å². The van der Waals surface area contributed by atoms with Crippen LogP contribution in [0.25, 0.3) is 0 Å². The molecule has 1 saturated heterocycles. The van der Waals surface area contributed by atoms with Crippen LogP contribution >= 0.6 is 11.6 Å². The average molecular weight is 405 g/mol. The fourth-order valence-electron chi connectivity index (χ4n) is 3.18. The molecule has 2 aromatic rings.